The van der Waals surface area contributed by atoms with Gasteiger partial charge < -0.3 is 5.11 Å². The summed E-state index contributed by atoms with van der Waals surface area (Å²) >= 11 is 3.09. The van der Waals surface area contributed by atoms with E-state index in [9.17, 15) is 17.9 Å². The van der Waals surface area contributed by atoms with Crippen molar-refractivity contribution in [3.63, 3.8) is 0 Å². The van der Waals surface area contributed by atoms with Gasteiger partial charge in [-0.25, -0.2) is 17.5 Å². The van der Waals surface area contributed by atoms with Crippen LogP contribution >= 0.6 is 15.9 Å². The molecular formula is C13H17BrFNO3S. The first-order valence-electron chi connectivity index (χ1n) is 6.55. The van der Waals surface area contributed by atoms with Crippen molar-refractivity contribution in [1.82, 2.24) is 4.72 Å². The molecule has 2 atom stereocenters. The minimum atomic E-state index is -3.96. The molecule has 7 heteroatoms. The second-order valence-corrected chi connectivity index (χ2v) is 7.61. The van der Waals surface area contributed by atoms with Gasteiger partial charge >= 0.3 is 0 Å². The van der Waals surface area contributed by atoms with Crippen molar-refractivity contribution in [1.29, 1.82) is 0 Å². The van der Waals surface area contributed by atoms with Crippen LogP contribution in [0.5, 0.6) is 0 Å². The van der Waals surface area contributed by atoms with Gasteiger partial charge in [-0.15, -0.1) is 0 Å². The molecule has 1 aliphatic carbocycles. The topological polar surface area (TPSA) is 66.4 Å². The van der Waals surface area contributed by atoms with E-state index in [2.05, 4.69) is 20.7 Å². The van der Waals surface area contributed by atoms with E-state index in [1.807, 2.05) is 0 Å². The summed E-state index contributed by atoms with van der Waals surface area (Å²) in [6.07, 6.45) is 3.13. The number of hydrogen-bond donors (Lipinski definition) is 2. The number of halogens is 2. The molecule has 0 radical (unpaired) electrons. The molecule has 0 saturated heterocycles. The van der Waals surface area contributed by atoms with Crippen molar-refractivity contribution in [3.05, 3.63) is 28.5 Å². The SMILES string of the molecule is O=S(=O)(NC1CCCCCC1O)c1ccc(Br)cc1F. The molecule has 1 saturated carbocycles. The third-order valence-corrected chi connectivity index (χ3v) is 5.49. The average Bonchev–Trinajstić information content (AvgIpc) is 2.54. The highest BCUT2D eigenvalue weighted by atomic mass is 79.9. The fourth-order valence-electron chi connectivity index (χ4n) is 2.38. The summed E-state index contributed by atoms with van der Waals surface area (Å²) in [6.45, 7) is 0. The summed E-state index contributed by atoms with van der Waals surface area (Å²) in [4.78, 5) is -0.392. The highest BCUT2D eigenvalue weighted by Crippen LogP contribution is 2.23. The largest absolute Gasteiger partial charge is 0.391 e. The smallest absolute Gasteiger partial charge is 0.243 e. The quantitative estimate of drug-likeness (QED) is 0.808. The van der Waals surface area contributed by atoms with Crippen LogP contribution < -0.4 is 4.72 Å². The van der Waals surface area contributed by atoms with E-state index in [0.29, 0.717) is 17.3 Å². The van der Waals surface area contributed by atoms with Crippen molar-refractivity contribution in [2.24, 2.45) is 0 Å². The van der Waals surface area contributed by atoms with Gasteiger partial charge in [0.05, 0.1) is 6.10 Å². The molecule has 2 rings (SSSR count). The van der Waals surface area contributed by atoms with Gasteiger partial charge in [-0.1, -0.05) is 35.2 Å². The molecule has 0 amide bonds. The summed E-state index contributed by atoms with van der Waals surface area (Å²) in [5.74, 6) is -0.810. The highest BCUT2D eigenvalue weighted by Gasteiger charge is 2.28. The van der Waals surface area contributed by atoms with Gasteiger partial charge in [-0.05, 0) is 31.0 Å². The van der Waals surface area contributed by atoms with E-state index in [4.69, 9.17) is 0 Å². The lowest BCUT2D eigenvalue weighted by Gasteiger charge is -2.21. The van der Waals surface area contributed by atoms with Gasteiger partial charge in [0.1, 0.15) is 10.7 Å². The summed E-state index contributed by atoms with van der Waals surface area (Å²) < 4.78 is 41.1. The maximum Gasteiger partial charge on any atom is 0.243 e. The fourth-order valence-corrected chi connectivity index (χ4v) is 4.08. The van der Waals surface area contributed by atoms with Crippen LogP contribution in [0.4, 0.5) is 4.39 Å². The van der Waals surface area contributed by atoms with Gasteiger partial charge in [0.15, 0.2) is 0 Å². The van der Waals surface area contributed by atoms with E-state index in [1.54, 1.807) is 0 Å². The number of aliphatic hydroxyl groups is 1. The summed E-state index contributed by atoms with van der Waals surface area (Å²) in [5, 5.41) is 9.94. The third-order valence-electron chi connectivity index (χ3n) is 3.47. The monoisotopic (exact) mass is 365 g/mol. The second-order valence-electron chi connectivity index (χ2n) is 5.01. The van der Waals surface area contributed by atoms with Crippen LogP contribution in [0.2, 0.25) is 0 Å². The van der Waals surface area contributed by atoms with Crippen LogP contribution in [0.15, 0.2) is 27.6 Å². The predicted octanol–water partition coefficient (Wildman–Crippen LogP) is 2.56. The van der Waals surface area contributed by atoms with E-state index >= 15 is 0 Å². The summed E-state index contributed by atoms with van der Waals surface area (Å²) in [6, 6.07) is 3.25. The lowest BCUT2D eigenvalue weighted by molar-refractivity contribution is 0.130. The van der Waals surface area contributed by atoms with Gasteiger partial charge in [0.2, 0.25) is 10.0 Å². The van der Waals surface area contributed by atoms with Crippen molar-refractivity contribution < 1.29 is 17.9 Å². The minimum absolute atomic E-state index is 0.392. The molecule has 112 valence electrons. The molecule has 0 aliphatic heterocycles. The number of benzene rings is 1. The third kappa shape index (κ3) is 3.78. The molecule has 4 nitrogen and oxygen atoms in total. The van der Waals surface area contributed by atoms with Crippen molar-refractivity contribution in [3.8, 4) is 0 Å². The van der Waals surface area contributed by atoms with E-state index in [-0.39, 0.29) is 0 Å². The first kappa shape index (κ1) is 15.9. The number of nitrogens with one attached hydrogen (secondary N) is 1. The van der Waals surface area contributed by atoms with Gasteiger partial charge in [0, 0.05) is 10.5 Å². The predicted molar refractivity (Wildman–Crippen MR) is 77.3 cm³/mol. The summed E-state index contributed by atoms with van der Waals surface area (Å²) in [5.41, 5.74) is 0. The Kier molecular flexibility index (Phi) is 5.17. The normalized spacial score (nSPS) is 24.4. The number of rotatable bonds is 3. The van der Waals surface area contributed by atoms with Crippen LogP contribution in [0.3, 0.4) is 0 Å². The molecule has 1 fully saturated rings. The molecule has 0 bridgehead atoms. The van der Waals surface area contributed by atoms with Crippen molar-refractivity contribution in [2.75, 3.05) is 0 Å². The Morgan fingerprint density at radius 3 is 2.65 bits per heavy atom. The lowest BCUT2D eigenvalue weighted by atomic mass is 10.1. The van der Waals surface area contributed by atoms with Crippen molar-refractivity contribution in [2.45, 2.75) is 49.1 Å². The Bertz CT molecular complexity index is 579. The van der Waals surface area contributed by atoms with Gasteiger partial charge in [-0.3, -0.25) is 0 Å². The van der Waals surface area contributed by atoms with Gasteiger partial charge in [0.25, 0.3) is 0 Å². The lowest BCUT2D eigenvalue weighted by Crippen LogP contribution is -2.42. The van der Waals surface area contributed by atoms with E-state index in [1.165, 1.54) is 12.1 Å². The molecule has 0 aromatic heterocycles. The Labute approximate surface area is 126 Å². The van der Waals surface area contributed by atoms with E-state index in [0.717, 1.165) is 25.3 Å². The van der Waals surface area contributed by atoms with Crippen molar-refractivity contribution >= 4 is 26.0 Å². The van der Waals surface area contributed by atoms with Crippen LogP contribution in [0.25, 0.3) is 0 Å². The highest BCUT2D eigenvalue weighted by molar-refractivity contribution is 9.10. The fraction of sp³-hybridized carbons (Fsp3) is 0.538. The molecule has 1 aliphatic rings. The van der Waals surface area contributed by atoms with Crippen LogP contribution in [0, 0.1) is 5.82 Å². The molecule has 1 aromatic carbocycles. The zero-order valence-corrected chi connectivity index (χ0v) is 13.3. The Hall–Kier alpha value is -0.500. The molecule has 0 spiro atoms. The van der Waals surface area contributed by atoms with Crippen LogP contribution in [-0.4, -0.2) is 25.7 Å². The molecule has 0 heterocycles. The van der Waals surface area contributed by atoms with Crippen LogP contribution in [-0.2, 0) is 10.0 Å². The minimum Gasteiger partial charge on any atom is -0.391 e. The standard InChI is InChI=1S/C13H17BrFNO3S/c14-9-6-7-13(10(15)8-9)20(18,19)16-11-4-2-1-3-5-12(11)17/h6-8,11-12,16-17H,1-5H2. The maximum absolute atomic E-state index is 13.8. The van der Waals surface area contributed by atoms with E-state index < -0.39 is 32.9 Å². The first-order valence-corrected chi connectivity index (χ1v) is 8.83. The molecular weight excluding hydrogens is 349 g/mol. The zero-order valence-electron chi connectivity index (χ0n) is 10.9. The number of aliphatic hydroxyl groups excluding tert-OH is 1. The zero-order chi connectivity index (χ0) is 14.8. The Morgan fingerprint density at radius 1 is 1.25 bits per heavy atom. The Balaban J connectivity index is 2.21. The van der Waals surface area contributed by atoms with Crippen LogP contribution in [0.1, 0.15) is 32.1 Å². The van der Waals surface area contributed by atoms with Gasteiger partial charge in [-0.2, -0.15) is 0 Å². The first-order chi connectivity index (χ1) is 9.40. The molecule has 2 unspecified atom stereocenters. The molecule has 2 N–H and O–H groups in total. The Morgan fingerprint density at radius 2 is 1.95 bits per heavy atom. The molecule has 1 aromatic rings. The average molecular weight is 366 g/mol. The number of sulfonamides is 1. The molecule has 20 heavy (non-hydrogen) atoms. The summed E-state index contributed by atoms with van der Waals surface area (Å²) in [7, 11) is -3.96. The number of hydrogen-bond acceptors (Lipinski definition) is 3. The second kappa shape index (κ2) is 6.51. The maximum atomic E-state index is 13.8.